The van der Waals surface area contributed by atoms with Crippen molar-refractivity contribution in [1.82, 2.24) is 24.8 Å². The SMILES string of the molecule is CCNC(=O)[C@H]1O[C@@H](n2cnc3c(N[C@@H]4C[C@@H]5CC[C@H]4C5)ncnc32)[C@H](O[Si](C)(C)C(C)(C)C)[C@@H]1O[Si](C)(C)C(C)(C)C. The maximum absolute atomic E-state index is 13.6. The van der Waals surface area contributed by atoms with E-state index in [0.717, 1.165) is 11.7 Å². The highest BCUT2D eigenvalue weighted by atomic mass is 28.4. The summed E-state index contributed by atoms with van der Waals surface area (Å²) in [7, 11) is -4.67. The number of ether oxygens (including phenoxy) is 1. The molecule has 12 heteroatoms. The Kier molecular flexibility index (Phi) is 8.69. The van der Waals surface area contributed by atoms with Crippen molar-refractivity contribution >= 4 is 39.5 Å². The van der Waals surface area contributed by atoms with E-state index in [0.29, 0.717) is 29.7 Å². The Morgan fingerprint density at radius 1 is 0.977 bits per heavy atom. The van der Waals surface area contributed by atoms with Crippen molar-refractivity contribution in [2.24, 2.45) is 11.8 Å². The predicted octanol–water partition coefficient (Wildman–Crippen LogP) is 6.24. The van der Waals surface area contributed by atoms with Crippen LogP contribution in [0.25, 0.3) is 11.2 Å². The normalized spacial score (nSPS) is 29.9. The molecule has 0 radical (unpaired) electrons. The van der Waals surface area contributed by atoms with Gasteiger partial charge in [-0.1, -0.05) is 48.0 Å². The van der Waals surface area contributed by atoms with Gasteiger partial charge in [-0.3, -0.25) is 9.36 Å². The quantitative estimate of drug-likeness (QED) is 0.313. The molecular weight excluding hydrogens is 577 g/mol. The van der Waals surface area contributed by atoms with Crippen molar-refractivity contribution in [3.8, 4) is 0 Å². The first-order chi connectivity index (χ1) is 19.9. The number of aromatic nitrogens is 4. The molecule has 3 aliphatic rings. The van der Waals surface area contributed by atoms with Gasteiger partial charge in [-0.25, -0.2) is 15.0 Å². The molecule has 43 heavy (non-hydrogen) atoms. The van der Waals surface area contributed by atoms with Crippen molar-refractivity contribution in [1.29, 1.82) is 0 Å². The van der Waals surface area contributed by atoms with Crippen molar-refractivity contribution in [2.45, 2.75) is 141 Å². The number of hydrogen-bond donors (Lipinski definition) is 2. The number of nitrogens with zero attached hydrogens (tertiary/aromatic N) is 4. The number of likely N-dealkylation sites (N-methyl/N-ethyl adjacent to an activating group) is 1. The molecule has 10 nitrogen and oxygen atoms in total. The van der Waals surface area contributed by atoms with E-state index in [2.05, 4.69) is 88.3 Å². The van der Waals surface area contributed by atoms with Crippen LogP contribution < -0.4 is 10.6 Å². The fourth-order valence-electron chi connectivity index (χ4n) is 6.38. The first-order valence-corrected chi connectivity index (χ1v) is 22.0. The lowest BCUT2D eigenvalue weighted by atomic mass is 9.95. The van der Waals surface area contributed by atoms with Crippen molar-refractivity contribution in [3.05, 3.63) is 12.7 Å². The molecule has 2 aromatic heterocycles. The number of imidazole rings is 1. The Labute approximate surface area is 259 Å². The Morgan fingerprint density at radius 2 is 1.63 bits per heavy atom. The summed E-state index contributed by atoms with van der Waals surface area (Å²) in [4.78, 5) is 27.7. The topological polar surface area (TPSA) is 112 Å². The zero-order chi connectivity index (χ0) is 31.5. The van der Waals surface area contributed by atoms with E-state index in [-0.39, 0.29) is 16.0 Å². The largest absolute Gasteiger partial charge is 0.408 e. The van der Waals surface area contributed by atoms with E-state index in [4.69, 9.17) is 18.6 Å². The molecule has 3 fully saturated rings. The molecule has 2 saturated carbocycles. The monoisotopic (exact) mass is 630 g/mol. The van der Waals surface area contributed by atoms with Crippen LogP contribution in [0.4, 0.5) is 5.82 Å². The lowest BCUT2D eigenvalue weighted by Gasteiger charge is -2.44. The molecule has 240 valence electrons. The molecular formula is C31H54N6O4Si2. The van der Waals surface area contributed by atoms with Crippen LogP contribution in [0.15, 0.2) is 12.7 Å². The van der Waals surface area contributed by atoms with E-state index >= 15 is 0 Å². The van der Waals surface area contributed by atoms with Gasteiger partial charge in [-0.2, -0.15) is 0 Å². The summed E-state index contributed by atoms with van der Waals surface area (Å²) in [6.07, 6.45) is 5.88. The van der Waals surface area contributed by atoms with E-state index in [1.165, 1.54) is 25.7 Å². The number of hydrogen-bond acceptors (Lipinski definition) is 8. The van der Waals surface area contributed by atoms with Crippen LogP contribution in [-0.4, -0.2) is 73.0 Å². The van der Waals surface area contributed by atoms with Crippen molar-refractivity contribution in [2.75, 3.05) is 11.9 Å². The molecule has 1 aliphatic heterocycles. The zero-order valence-electron chi connectivity index (χ0n) is 28.2. The Balaban J connectivity index is 1.56. The van der Waals surface area contributed by atoms with Gasteiger partial charge in [0.05, 0.1) is 6.33 Å². The first kappa shape index (κ1) is 32.5. The third-order valence-electron chi connectivity index (χ3n) is 11.0. The average Bonchev–Trinajstić information content (AvgIpc) is 3.67. The van der Waals surface area contributed by atoms with Crippen LogP contribution in [-0.2, 0) is 18.4 Å². The minimum atomic E-state index is -2.34. The minimum absolute atomic E-state index is 0.0558. The van der Waals surface area contributed by atoms with Crippen LogP contribution >= 0.6 is 0 Å². The molecule has 2 aromatic rings. The maximum atomic E-state index is 13.6. The third-order valence-corrected chi connectivity index (χ3v) is 19.9. The Bertz CT molecular complexity index is 1320. The highest BCUT2D eigenvalue weighted by Gasteiger charge is 2.56. The van der Waals surface area contributed by atoms with Gasteiger partial charge < -0.3 is 24.2 Å². The summed E-state index contributed by atoms with van der Waals surface area (Å²) in [6.45, 7) is 24.6. The zero-order valence-corrected chi connectivity index (χ0v) is 30.2. The average molecular weight is 631 g/mol. The van der Waals surface area contributed by atoms with Gasteiger partial charge in [-0.05, 0) is 74.3 Å². The van der Waals surface area contributed by atoms with Crippen LogP contribution in [0.1, 0.15) is 80.4 Å². The summed E-state index contributed by atoms with van der Waals surface area (Å²) >= 11 is 0. The Morgan fingerprint density at radius 3 is 2.19 bits per heavy atom. The second-order valence-electron chi connectivity index (χ2n) is 16.0. The summed E-state index contributed by atoms with van der Waals surface area (Å²) < 4.78 is 22.9. The fraction of sp³-hybridized carbons (Fsp3) is 0.806. The standard InChI is InChI=1S/C31H54N6O4Si2/c1-12-32-28(38)24-23(40-42(8,9)30(2,3)4)25(41-43(10,11)31(5,6)7)29(39-24)37-18-35-22-26(33-17-34-27(22)37)36-21-16-19-13-14-20(21)15-19/h17-21,23-25,29H,12-16H2,1-11H3,(H,32,38)(H,33,34,36)/t19-,20+,21-,23-,24+,25-,29-/m1/s1. The molecule has 7 atom stereocenters. The lowest BCUT2D eigenvalue weighted by Crippen LogP contribution is -2.55. The fourth-order valence-corrected chi connectivity index (χ4v) is 8.95. The van der Waals surface area contributed by atoms with Gasteiger partial charge >= 0.3 is 0 Å². The summed E-state index contributed by atoms with van der Waals surface area (Å²) in [6, 6.07) is 0.420. The number of amides is 1. The number of anilines is 1. The highest BCUT2D eigenvalue weighted by molar-refractivity contribution is 6.74. The van der Waals surface area contributed by atoms with Gasteiger partial charge in [0.2, 0.25) is 0 Å². The molecule has 2 aliphatic carbocycles. The molecule has 5 rings (SSSR count). The summed E-state index contributed by atoms with van der Waals surface area (Å²) in [5, 5.41) is 6.58. The summed E-state index contributed by atoms with van der Waals surface area (Å²) in [5.74, 6) is 2.09. The van der Waals surface area contributed by atoms with Crippen LogP contribution in [0.2, 0.25) is 36.3 Å². The molecule has 0 aromatic carbocycles. The van der Waals surface area contributed by atoms with Crippen molar-refractivity contribution < 1.29 is 18.4 Å². The van der Waals surface area contributed by atoms with Gasteiger partial charge in [0.25, 0.3) is 5.91 Å². The number of carbonyl (C=O) groups is 1. The molecule has 0 unspecified atom stereocenters. The van der Waals surface area contributed by atoms with Crippen LogP contribution in [0.5, 0.6) is 0 Å². The number of fused-ring (bicyclic) bond motifs is 3. The molecule has 2 N–H and O–H groups in total. The van der Waals surface area contributed by atoms with E-state index in [1.54, 1.807) is 12.7 Å². The van der Waals surface area contributed by atoms with Crippen LogP contribution in [0, 0.1) is 11.8 Å². The first-order valence-electron chi connectivity index (χ1n) is 16.2. The summed E-state index contributed by atoms with van der Waals surface area (Å²) in [5.41, 5.74) is 1.38. The number of nitrogens with one attached hydrogen (secondary N) is 2. The van der Waals surface area contributed by atoms with E-state index in [9.17, 15) is 4.79 Å². The van der Waals surface area contributed by atoms with E-state index in [1.807, 2.05) is 11.5 Å². The van der Waals surface area contributed by atoms with E-state index < -0.39 is 41.2 Å². The molecule has 1 saturated heterocycles. The molecule has 0 spiro atoms. The van der Waals surface area contributed by atoms with Crippen molar-refractivity contribution in [3.63, 3.8) is 0 Å². The highest BCUT2D eigenvalue weighted by Crippen LogP contribution is 2.47. The second-order valence-corrected chi connectivity index (χ2v) is 25.5. The number of rotatable bonds is 9. The third kappa shape index (κ3) is 6.19. The van der Waals surface area contributed by atoms with Gasteiger partial charge in [0, 0.05) is 12.6 Å². The van der Waals surface area contributed by atoms with Crippen LogP contribution in [0.3, 0.4) is 0 Å². The van der Waals surface area contributed by atoms with Gasteiger partial charge in [-0.15, -0.1) is 0 Å². The number of carbonyl (C=O) groups excluding carboxylic acids is 1. The Hall–Kier alpha value is -1.87. The maximum Gasteiger partial charge on any atom is 0.252 e. The molecule has 2 bridgehead atoms. The lowest BCUT2D eigenvalue weighted by molar-refractivity contribution is -0.137. The minimum Gasteiger partial charge on any atom is -0.408 e. The van der Waals surface area contributed by atoms with Gasteiger partial charge in [0.1, 0.15) is 18.5 Å². The smallest absolute Gasteiger partial charge is 0.252 e. The predicted molar refractivity (Wildman–Crippen MR) is 175 cm³/mol. The molecule has 1 amide bonds. The molecule has 3 heterocycles. The van der Waals surface area contributed by atoms with Gasteiger partial charge in [0.15, 0.2) is 45.9 Å². The second kappa shape index (κ2) is 11.5.